The number of anilines is 2. The van der Waals surface area contributed by atoms with E-state index in [9.17, 15) is 14.4 Å². The molecule has 0 atom stereocenters. The SMILES string of the molecule is CCOc1ccccc1NC(=O)C(=O)N/N=C\c1cc(Br)ccc1OCC(=O)Nc1cccc(Cl)c1. The molecule has 3 rings (SSSR count). The van der Waals surface area contributed by atoms with Gasteiger partial charge >= 0.3 is 11.8 Å². The van der Waals surface area contributed by atoms with Gasteiger partial charge in [-0.3, -0.25) is 14.4 Å². The number of nitrogens with zero attached hydrogens (tertiary/aromatic N) is 1. The summed E-state index contributed by atoms with van der Waals surface area (Å²) in [6, 6.07) is 18.5. The monoisotopic (exact) mass is 572 g/mol. The number of benzene rings is 3. The molecule has 3 aromatic carbocycles. The van der Waals surface area contributed by atoms with Crippen molar-refractivity contribution in [1.82, 2.24) is 5.43 Å². The lowest BCUT2D eigenvalue weighted by molar-refractivity contribution is -0.136. The minimum absolute atomic E-state index is 0.275. The summed E-state index contributed by atoms with van der Waals surface area (Å²) in [5, 5.41) is 9.50. The standard InChI is InChI=1S/C25H22BrClN4O5/c1-2-35-22-9-4-3-8-20(22)30-24(33)25(34)31-28-14-16-12-17(26)10-11-21(16)36-15-23(32)29-19-7-5-6-18(27)13-19/h3-14H,2,15H2,1H3,(H,29,32)(H,30,33)(H,31,34)/b28-14-. The topological polar surface area (TPSA) is 118 Å². The van der Waals surface area contributed by atoms with Crippen LogP contribution in [0, 0.1) is 0 Å². The van der Waals surface area contributed by atoms with Gasteiger partial charge in [-0.2, -0.15) is 5.10 Å². The Morgan fingerprint density at radius 3 is 2.53 bits per heavy atom. The summed E-state index contributed by atoms with van der Waals surface area (Å²) in [4.78, 5) is 36.7. The van der Waals surface area contributed by atoms with Crippen molar-refractivity contribution >= 4 is 62.8 Å². The molecule has 0 spiro atoms. The average molecular weight is 574 g/mol. The highest BCUT2D eigenvalue weighted by Gasteiger charge is 2.15. The highest BCUT2D eigenvalue weighted by molar-refractivity contribution is 9.10. The fourth-order valence-corrected chi connectivity index (χ4v) is 3.47. The molecule has 0 aliphatic carbocycles. The number of hydrogen-bond acceptors (Lipinski definition) is 6. The lowest BCUT2D eigenvalue weighted by Gasteiger charge is -2.11. The second-order valence-corrected chi connectivity index (χ2v) is 8.46. The zero-order valence-corrected chi connectivity index (χ0v) is 21.4. The fourth-order valence-electron chi connectivity index (χ4n) is 2.90. The van der Waals surface area contributed by atoms with Crippen LogP contribution < -0.4 is 25.5 Å². The van der Waals surface area contributed by atoms with Crippen molar-refractivity contribution in [3.63, 3.8) is 0 Å². The van der Waals surface area contributed by atoms with Crippen molar-refractivity contribution in [3.8, 4) is 11.5 Å². The van der Waals surface area contributed by atoms with Gasteiger partial charge in [-0.05, 0) is 55.5 Å². The molecule has 3 aromatic rings. The molecule has 3 N–H and O–H groups in total. The summed E-state index contributed by atoms with van der Waals surface area (Å²) < 4.78 is 11.8. The number of carbonyl (C=O) groups excluding carboxylic acids is 3. The summed E-state index contributed by atoms with van der Waals surface area (Å²) in [5.74, 6) is -1.49. The van der Waals surface area contributed by atoms with Gasteiger partial charge in [0, 0.05) is 20.7 Å². The smallest absolute Gasteiger partial charge is 0.329 e. The predicted octanol–water partition coefficient (Wildman–Crippen LogP) is 4.61. The van der Waals surface area contributed by atoms with Crippen LogP contribution in [0.3, 0.4) is 0 Å². The van der Waals surface area contributed by atoms with E-state index in [1.165, 1.54) is 6.21 Å². The highest BCUT2D eigenvalue weighted by Crippen LogP contribution is 2.24. The van der Waals surface area contributed by atoms with E-state index in [1.54, 1.807) is 66.7 Å². The Hall–Kier alpha value is -3.89. The van der Waals surface area contributed by atoms with Gasteiger partial charge in [0.15, 0.2) is 6.61 Å². The Morgan fingerprint density at radius 2 is 1.75 bits per heavy atom. The first-order chi connectivity index (χ1) is 17.4. The van der Waals surface area contributed by atoms with Gasteiger partial charge in [0.1, 0.15) is 11.5 Å². The van der Waals surface area contributed by atoms with Gasteiger partial charge in [-0.15, -0.1) is 0 Å². The molecular weight excluding hydrogens is 552 g/mol. The molecule has 3 amide bonds. The van der Waals surface area contributed by atoms with E-state index < -0.39 is 11.8 Å². The lowest BCUT2D eigenvalue weighted by atomic mass is 10.2. The van der Waals surface area contributed by atoms with Crippen molar-refractivity contribution in [1.29, 1.82) is 0 Å². The van der Waals surface area contributed by atoms with Crippen LogP contribution in [0.2, 0.25) is 5.02 Å². The molecule has 9 nitrogen and oxygen atoms in total. The quantitative estimate of drug-likeness (QED) is 0.196. The number of hydrogen-bond donors (Lipinski definition) is 3. The Bertz CT molecular complexity index is 1280. The number of para-hydroxylation sites is 2. The van der Waals surface area contributed by atoms with E-state index in [1.807, 2.05) is 6.92 Å². The second-order valence-electron chi connectivity index (χ2n) is 7.11. The van der Waals surface area contributed by atoms with Crippen LogP contribution in [0.25, 0.3) is 0 Å². The number of halogens is 2. The molecule has 0 fully saturated rings. The lowest BCUT2D eigenvalue weighted by Crippen LogP contribution is -2.32. The van der Waals surface area contributed by atoms with Gasteiger partial charge in [0.05, 0.1) is 18.5 Å². The van der Waals surface area contributed by atoms with E-state index in [0.29, 0.717) is 40.1 Å². The van der Waals surface area contributed by atoms with Crippen molar-refractivity contribution in [3.05, 3.63) is 81.8 Å². The van der Waals surface area contributed by atoms with Crippen LogP contribution in [0.15, 0.2) is 76.3 Å². The van der Waals surface area contributed by atoms with Crippen molar-refractivity contribution < 1.29 is 23.9 Å². The molecule has 11 heteroatoms. The van der Waals surface area contributed by atoms with Crippen molar-refractivity contribution in [2.75, 3.05) is 23.8 Å². The van der Waals surface area contributed by atoms with Crippen LogP contribution in [-0.4, -0.2) is 37.1 Å². The molecule has 0 aromatic heterocycles. The van der Waals surface area contributed by atoms with Gasteiger partial charge in [-0.1, -0.05) is 45.7 Å². The first-order valence-electron chi connectivity index (χ1n) is 10.7. The molecular formula is C25H22BrClN4O5. The summed E-state index contributed by atoms with van der Waals surface area (Å²) in [7, 11) is 0. The summed E-state index contributed by atoms with van der Waals surface area (Å²) in [6.45, 7) is 1.94. The first-order valence-corrected chi connectivity index (χ1v) is 11.9. The molecule has 0 heterocycles. The molecule has 0 saturated heterocycles. The van der Waals surface area contributed by atoms with Gasteiger partial charge < -0.3 is 20.1 Å². The van der Waals surface area contributed by atoms with Crippen molar-refractivity contribution in [2.45, 2.75) is 6.92 Å². The normalized spacial score (nSPS) is 10.5. The summed E-state index contributed by atoms with van der Waals surface area (Å²) >= 11 is 9.28. The van der Waals surface area contributed by atoms with Crippen LogP contribution in [-0.2, 0) is 14.4 Å². The molecule has 0 saturated carbocycles. The number of amides is 3. The number of carbonyl (C=O) groups is 3. The molecule has 0 bridgehead atoms. The maximum Gasteiger partial charge on any atom is 0.329 e. The maximum absolute atomic E-state index is 12.2. The fraction of sp³-hybridized carbons (Fsp3) is 0.120. The second kappa shape index (κ2) is 13.3. The Labute approximate surface area is 220 Å². The van der Waals surface area contributed by atoms with E-state index in [0.717, 1.165) is 4.47 Å². The van der Waals surface area contributed by atoms with E-state index in [2.05, 4.69) is 37.1 Å². The molecule has 186 valence electrons. The summed E-state index contributed by atoms with van der Waals surface area (Å²) in [5.41, 5.74) is 3.53. The predicted molar refractivity (Wildman–Crippen MR) is 142 cm³/mol. The highest BCUT2D eigenvalue weighted by atomic mass is 79.9. The molecule has 0 radical (unpaired) electrons. The third-order valence-electron chi connectivity index (χ3n) is 4.45. The molecule has 36 heavy (non-hydrogen) atoms. The zero-order valence-electron chi connectivity index (χ0n) is 19.1. The third kappa shape index (κ3) is 8.10. The molecule has 0 unspecified atom stereocenters. The minimum atomic E-state index is -0.976. The van der Waals surface area contributed by atoms with Gasteiger partial charge in [0.2, 0.25) is 0 Å². The largest absolute Gasteiger partial charge is 0.492 e. The number of hydrazone groups is 1. The maximum atomic E-state index is 12.2. The van der Waals surface area contributed by atoms with E-state index in [4.69, 9.17) is 21.1 Å². The minimum Gasteiger partial charge on any atom is -0.492 e. The number of nitrogens with one attached hydrogen (secondary N) is 3. The van der Waals surface area contributed by atoms with Crippen LogP contribution in [0.5, 0.6) is 11.5 Å². The third-order valence-corrected chi connectivity index (χ3v) is 5.18. The Kier molecular flexibility index (Phi) is 9.84. The van der Waals surface area contributed by atoms with E-state index in [-0.39, 0.29) is 12.5 Å². The zero-order chi connectivity index (χ0) is 25.9. The van der Waals surface area contributed by atoms with Crippen molar-refractivity contribution in [2.24, 2.45) is 5.10 Å². The van der Waals surface area contributed by atoms with Gasteiger partial charge in [-0.25, -0.2) is 5.43 Å². The summed E-state index contributed by atoms with van der Waals surface area (Å²) in [6.07, 6.45) is 1.30. The van der Waals surface area contributed by atoms with Crippen LogP contribution in [0.1, 0.15) is 12.5 Å². The molecule has 0 aliphatic rings. The Balaban J connectivity index is 1.58. The average Bonchev–Trinajstić information content (AvgIpc) is 2.85. The van der Waals surface area contributed by atoms with Crippen LogP contribution in [0.4, 0.5) is 11.4 Å². The molecule has 0 aliphatic heterocycles. The Morgan fingerprint density at radius 1 is 0.944 bits per heavy atom. The van der Waals surface area contributed by atoms with Crippen LogP contribution >= 0.6 is 27.5 Å². The van der Waals surface area contributed by atoms with E-state index >= 15 is 0 Å². The number of ether oxygens (including phenoxy) is 2. The number of rotatable bonds is 9. The first kappa shape index (κ1) is 26.7. The van der Waals surface area contributed by atoms with Gasteiger partial charge in [0.25, 0.3) is 5.91 Å².